The number of hydrogen-bond donors (Lipinski definition) is 0. The van der Waals surface area contributed by atoms with Gasteiger partial charge in [-0.2, -0.15) is 0 Å². The normalized spacial score (nSPS) is 18.3. The molecule has 5 heteroatoms. The summed E-state index contributed by atoms with van der Waals surface area (Å²) in [6.07, 6.45) is 0. The molecule has 0 N–H and O–H groups in total. The summed E-state index contributed by atoms with van der Waals surface area (Å²) >= 11 is 0. The maximum atomic E-state index is 13.1. The minimum atomic E-state index is -0.875. The van der Waals surface area contributed by atoms with Crippen molar-refractivity contribution in [3.8, 4) is 6.07 Å². The maximum absolute atomic E-state index is 13.1. The van der Waals surface area contributed by atoms with Gasteiger partial charge in [0.15, 0.2) is 0 Å². The van der Waals surface area contributed by atoms with Crippen LogP contribution in [0.2, 0.25) is 0 Å². The van der Waals surface area contributed by atoms with Gasteiger partial charge < -0.3 is 4.74 Å². The molecule has 2 rings (SSSR count). The van der Waals surface area contributed by atoms with E-state index in [2.05, 4.69) is 9.69 Å². The molecule has 102 valence electrons. The molecule has 0 unspecified atom stereocenters. The van der Waals surface area contributed by atoms with Crippen molar-refractivity contribution >= 4 is 5.57 Å². The molecule has 1 aromatic rings. The van der Waals surface area contributed by atoms with Gasteiger partial charge in [0, 0.05) is 5.57 Å². The third-order valence-corrected chi connectivity index (χ3v) is 3.09. The van der Waals surface area contributed by atoms with E-state index in [4.69, 9.17) is 23.1 Å². The summed E-state index contributed by atoms with van der Waals surface area (Å²) in [6, 6.07) is 7.43. The molecule has 4 nitrogen and oxygen atoms in total. The standard InChI is InChI=1S/C16H10FN3O/c1-16(2)13(10-5-7-11(17)8-6-10)14(20-4)15(21-16)12(9-18)19-3/h5-8H,1-2H3/b15-12+. The van der Waals surface area contributed by atoms with Gasteiger partial charge in [-0.15, -0.1) is 0 Å². The summed E-state index contributed by atoms with van der Waals surface area (Å²) in [5, 5.41) is 8.99. The fourth-order valence-corrected chi connectivity index (χ4v) is 2.25. The second-order valence-corrected chi connectivity index (χ2v) is 4.86. The van der Waals surface area contributed by atoms with E-state index in [0.29, 0.717) is 11.1 Å². The van der Waals surface area contributed by atoms with E-state index in [1.54, 1.807) is 32.0 Å². The van der Waals surface area contributed by atoms with Crippen LogP contribution in [0.1, 0.15) is 19.4 Å². The van der Waals surface area contributed by atoms with Crippen LogP contribution in [0.15, 0.2) is 41.4 Å². The topological polar surface area (TPSA) is 41.7 Å². The predicted octanol–water partition coefficient (Wildman–Crippen LogP) is 3.92. The molecule has 1 heterocycles. The van der Waals surface area contributed by atoms with E-state index >= 15 is 0 Å². The Balaban J connectivity index is 2.76. The van der Waals surface area contributed by atoms with Gasteiger partial charge in [-0.25, -0.2) is 19.3 Å². The van der Waals surface area contributed by atoms with Crippen LogP contribution in [-0.2, 0) is 4.74 Å². The highest BCUT2D eigenvalue weighted by atomic mass is 19.1. The van der Waals surface area contributed by atoms with Gasteiger partial charge in [0.05, 0.1) is 19.2 Å². The predicted molar refractivity (Wildman–Crippen MR) is 74.3 cm³/mol. The van der Waals surface area contributed by atoms with E-state index in [1.807, 2.05) is 0 Å². The lowest BCUT2D eigenvalue weighted by atomic mass is 9.91. The third kappa shape index (κ3) is 2.36. The molecule has 0 saturated carbocycles. The van der Waals surface area contributed by atoms with E-state index in [-0.39, 0.29) is 23.0 Å². The van der Waals surface area contributed by atoms with Crippen LogP contribution in [0, 0.1) is 30.3 Å². The number of nitriles is 1. The minimum absolute atomic E-state index is 0.00757. The van der Waals surface area contributed by atoms with Crippen LogP contribution in [0.3, 0.4) is 0 Å². The molecule has 1 aliphatic heterocycles. The van der Waals surface area contributed by atoms with Crippen LogP contribution >= 0.6 is 0 Å². The highest BCUT2D eigenvalue weighted by Gasteiger charge is 2.40. The number of halogens is 1. The van der Waals surface area contributed by atoms with Crippen LogP contribution in [-0.4, -0.2) is 5.60 Å². The first-order valence-corrected chi connectivity index (χ1v) is 6.04. The summed E-state index contributed by atoms with van der Waals surface area (Å²) in [6.45, 7) is 17.8. The Morgan fingerprint density at radius 2 is 1.90 bits per heavy atom. The molecule has 0 radical (unpaired) electrons. The number of nitrogens with zero attached hydrogens (tertiary/aromatic N) is 3. The molecule has 0 spiro atoms. The quantitative estimate of drug-likeness (QED) is 0.577. The Labute approximate surface area is 122 Å². The second-order valence-electron chi connectivity index (χ2n) is 4.86. The number of hydrogen-bond acceptors (Lipinski definition) is 2. The monoisotopic (exact) mass is 279 g/mol. The molecule has 0 aromatic heterocycles. The lowest BCUT2D eigenvalue weighted by molar-refractivity contribution is 0.109. The van der Waals surface area contributed by atoms with Gasteiger partial charge in [-0.05, 0) is 31.5 Å². The SMILES string of the molecule is [C-]#[N+]C1=C(c2ccc(F)cc2)C(C)(C)O/C1=C(\C#N)[N+]#[C-]. The summed E-state index contributed by atoms with van der Waals surface area (Å²) < 4.78 is 18.7. The molecule has 0 saturated heterocycles. The zero-order chi connectivity index (χ0) is 15.6. The number of ether oxygens (including phenoxy) is 1. The summed E-state index contributed by atoms with van der Waals surface area (Å²) in [4.78, 5) is 6.52. The Kier molecular flexibility index (Phi) is 3.49. The Morgan fingerprint density at radius 1 is 1.29 bits per heavy atom. The first-order valence-electron chi connectivity index (χ1n) is 6.04. The molecule has 0 amide bonds. The molecule has 1 aliphatic rings. The van der Waals surface area contributed by atoms with Gasteiger partial charge >= 0.3 is 0 Å². The molecule has 1 aromatic carbocycles. The van der Waals surface area contributed by atoms with Crippen molar-refractivity contribution in [3.05, 3.63) is 75.6 Å². The van der Waals surface area contributed by atoms with Crippen molar-refractivity contribution in [2.45, 2.75) is 19.4 Å². The third-order valence-electron chi connectivity index (χ3n) is 3.09. The summed E-state index contributed by atoms with van der Waals surface area (Å²) in [7, 11) is 0. The lowest BCUT2D eigenvalue weighted by Gasteiger charge is -2.24. The number of rotatable bonds is 1. The van der Waals surface area contributed by atoms with Gasteiger partial charge in [-0.3, -0.25) is 0 Å². The Bertz CT molecular complexity index is 765. The van der Waals surface area contributed by atoms with Crippen LogP contribution in [0.5, 0.6) is 0 Å². The minimum Gasteiger partial charge on any atom is -0.505 e. The smallest absolute Gasteiger partial charge is 0.292 e. The van der Waals surface area contributed by atoms with E-state index < -0.39 is 5.60 Å². The maximum Gasteiger partial charge on any atom is 0.292 e. The molecular weight excluding hydrogens is 269 g/mol. The fourth-order valence-electron chi connectivity index (χ4n) is 2.25. The van der Waals surface area contributed by atoms with Gasteiger partial charge in [-0.1, -0.05) is 12.1 Å². The average Bonchev–Trinajstić information content (AvgIpc) is 2.72. The molecule has 0 fully saturated rings. The van der Waals surface area contributed by atoms with Gasteiger partial charge in [0.1, 0.15) is 17.2 Å². The molecule has 0 atom stereocenters. The highest BCUT2D eigenvalue weighted by molar-refractivity contribution is 5.82. The molecule has 0 bridgehead atoms. The van der Waals surface area contributed by atoms with E-state index in [9.17, 15) is 4.39 Å². The van der Waals surface area contributed by atoms with Crippen molar-refractivity contribution in [2.24, 2.45) is 0 Å². The number of benzene rings is 1. The van der Waals surface area contributed by atoms with Gasteiger partial charge in [0.25, 0.3) is 5.70 Å². The van der Waals surface area contributed by atoms with E-state index in [0.717, 1.165) is 0 Å². The van der Waals surface area contributed by atoms with Crippen molar-refractivity contribution < 1.29 is 9.13 Å². The van der Waals surface area contributed by atoms with Crippen LogP contribution < -0.4 is 0 Å². The average molecular weight is 279 g/mol. The van der Waals surface area contributed by atoms with Gasteiger partial charge in [0.2, 0.25) is 5.70 Å². The highest BCUT2D eigenvalue weighted by Crippen LogP contribution is 2.45. The zero-order valence-electron chi connectivity index (χ0n) is 11.4. The van der Waals surface area contributed by atoms with Crippen LogP contribution in [0.25, 0.3) is 15.3 Å². The first kappa shape index (κ1) is 14.3. The fraction of sp³-hybridized carbons (Fsp3) is 0.188. The number of allylic oxidation sites excluding steroid dienone is 1. The Hall–Kier alpha value is -3.10. The van der Waals surface area contributed by atoms with Crippen LogP contribution in [0.4, 0.5) is 4.39 Å². The zero-order valence-corrected chi connectivity index (χ0v) is 11.4. The van der Waals surface area contributed by atoms with Crippen molar-refractivity contribution in [1.82, 2.24) is 0 Å². The van der Waals surface area contributed by atoms with Crippen molar-refractivity contribution in [1.29, 1.82) is 5.26 Å². The molecule has 0 aliphatic carbocycles. The lowest BCUT2D eigenvalue weighted by Crippen LogP contribution is -2.20. The summed E-state index contributed by atoms with van der Waals surface area (Å²) in [5.74, 6) is -0.387. The first-order chi connectivity index (χ1) is 9.94. The largest absolute Gasteiger partial charge is 0.505 e. The molecule has 21 heavy (non-hydrogen) atoms. The summed E-state index contributed by atoms with van der Waals surface area (Å²) in [5.41, 5.74) is 0.165. The van der Waals surface area contributed by atoms with E-state index in [1.165, 1.54) is 12.1 Å². The molecular formula is C16H10FN3O. The second kappa shape index (κ2) is 5.12. The van der Waals surface area contributed by atoms with Crippen molar-refractivity contribution in [3.63, 3.8) is 0 Å². The van der Waals surface area contributed by atoms with Crippen molar-refractivity contribution in [2.75, 3.05) is 0 Å². The Morgan fingerprint density at radius 3 is 2.38 bits per heavy atom.